The lowest BCUT2D eigenvalue weighted by molar-refractivity contribution is -0.00517. The number of amides is 2. The van der Waals surface area contributed by atoms with Gasteiger partial charge in [0.1, 0.15) is 11.6 Å². The summed E-state index contributed by atoms with van der Waals surface area (Å²) in [6.45, 7) is 8.03. The third-order valence-electron chi connectivity index (χ3n) is 5.25. The molecule has 8 nitrogen and oxygen atoms in total. The lowest BCUT2D eigenvalue weighted by Crippen LogP contribution is -2.45. The highest BCUT2D eigenvalue weighted by molar-refractivity contribution is 5.93. The van der Waals surface area contributed by atoms with Crippen LogP contribution >= 0.6 is 0 Å². The summed E-state index contributed by atoms with van der Waals surface area (Å²) < 4.78 is 7.74. The van der Waals surface area contributed by atoms with Crippen molar-refractivity contribution in [3.05, 3.63) is 66.4 Å². The number of ether oxygens (including phenoxy) is 1. The maximum Gasteiger partial charge on any atom is 0.319 e. The molecule has 0 aliphatic carbocycles. The number of carbonyl (C=O) groups is 1. The van der Waals surface area contributed by atoms with Crippen molar-refractivity contribution < 1.29 is 9.53 Å². The largest absolute Gasteiger partial charge is 0.372 e. The standard InChI is InChI=1S/C23H28N6O2/c1-16-14-28(15-17(2)31-16)21-7-5-4-6-20(21)27-23(30)26-13-19-8-9-25-22(12-19)29-11-10-24-18(29)3/h4-12,16-17H,13-15H2,1-3H3,(H2,26,27,30)/t16-,17-/m1/s1. The number of morpholine rings is 1. The predicted octanol–water partition coefficient (Wildman–Crippen LogP) is 3.51. The first kappa shape index (κ1) is 20.9. The highest BCUT2D eigenvalue weighted by Crippen LogP contribution is 2.28. The number of hydrogen-bond donors (Lipinski definition) is 2. The van der Waals surface area contributed by atoms with E-state index < -0.39 is 0 Å². The molecule has 0 radical (unpaired) electrons. The van der Waals surface area contributed by atoms with Crippen LogP contribution in [0, 0.1) is 6.92 Å². The van der Waals surface area contributed by atoms with Gasteiger partial charge in [0.05, 0.1) is 23.6 Å². The number of aromatic nitrogens is 3. The molecule has 8 heteroatoms. The number of anilines is 2. The molecule has 0 bridgehead atoms. The molecule has 31 heavy (non-hydrogen) atoms. The zero-order chi connectivity index (χ0) is 21.8. The third kappa shape index (κ3) is 5.03. The van der Waals surface area contributed by atoms with Gasteiger partial charge in [0, 0.05) is 38.2 Å². The van der Waals surface area contributed by atoms with Crippen molar-refractivity contribution in [2.45, 2.75) is 39.5 Å². The number of nitrogens with one attached hydrogen (secondary N) is 2. The lowest BCUT2D eigenvalue weighted by atomic mass is 10.1. The van der Waals surface area contributed by atoms with E-state index in [0.29, 0.717) is 6.54 Å². The Bertz CT molecular complexity index is 1040. The number of nitrogens with zero attached hydrogens (tertiary/aromatic N) is 4. The maximum atomic E-state index is 12.6. The summed E-state index contributed by atoms with van der Waals surface area (Å²) in [5, 5.41) is 5.93. The van der Waals surface area contributed by atoms with E-state index in [9.17, 15) is 4.79 Å². The molecule has 2 amide bonds. The number of rotatable bonds is 5. The highest BCUT2D eigenvalue weighted by atomic mass is 16.5. The van der Waals surface area contributed by atoms with Gasteiger partial charge in [-0.25, -0.2) is 14.8 Å². The molecule has 1 saturated heterocycles. The van der Waals surface area contributed by atoms with Crippen LogP contribution in [-0.4, -0.2) is 45.9 Å². The van der Waals surface area contributed by atoms with Crippen LogP contribution in [0.3, 0.4) is 0 Å². The van der Waals surface area contributed by atoms with Gasteiger partial charge in [0.2, 0.25) is 0 Å². The molecule has 1 fully saturated rings. The predicted molar refractivity (Wildman–Crippen MR) is 121 cm³/mol. The molecule has 2 atom stereocenters. The van der Waals surface area contributed by atoms with Crippen molar-refractivity contribution in [1.82, 2.24) is 19.9 Å². The SMILES string of the molecule is Cc1nccn1-c1cc(CNC(=O)Nc2ccccc2N2C[C@@H](C)O[C@H](C)C2)ccn1. The van der Waals surface area contributed by atoms with Crippen molar-refractivity contribution in [2.24, 2.45) is 0 Å². The molecule has 3 heterocycles. The van der Waals surface area contributed by atoms with Crippen LogP contribution in [0.4, 0.5) is 16.2 Å². The van der Waals surface area contributed by atoms with Crippen LogP contribution in [0.1, 0.15) is 25.2 Å². The Labute approximate surface area is 182 Å². The second kappa shape index (κ2) is 9.18. The molecule has 1 aliphatic rings. The zero-order valence-corrected chi connectivity index (χ0v) is 18.1. The van der Waals surface area contributed by atoms with Crippen LogP contribution in [0.5, 0.6) is 0 Å². The van der Waals surface area contributed by atoms with Crippen molar-refractivity contribution in [2.75, 3.05) is 23.3 Å². The summed E-state index contributed by atoms with van der Waals surface area (Å²) in [6, 6.07) is 11.4. The Morgan fingerprint density at radius 2 is 1.90 bits per heavy atom. The van der Waals surface area contributed by atoms with Crippen molar-refractivity contribution >= 4 is 17.4 Å². The van der Waals surface area contributed by atoms with Crippen molar-refractivity contribution in [3.8, 4) is 5.82 Å². The maximum absolute atomic E-state index is 12.6. The van der Waals surface area contributed by atoms with Gasteiger partial charge in [-0.15, -0.1) is 0 Å². The topological polar surface area (TPSA) is 84.3 Å². The fourth-order valence-corrected chi connectivity index (χ4v) is 3.90. The summed E-state index contributed by atoms with van der Waals surface area (Å²) >= 11 is 0. The monoisotopic (exact) mass is 420 g/mol. The van der Waals surface area contributed by atoms with Gasteiger partial charge in [-0.05, 0) is 50.6 Å². The van der Waals surface area contributed by atoms with Crippen LogP contribution in [0.2, 0.25) is 0 Å². The Hall–Kier alpha value is -3.39. The fraction of sp³-hybridized carbons (Fsp3) is 0.348. The first-order valence-electron chi connectivity index (χ1n) is 10.5. The number of carbonyl (C=O) groups excluding carboxylic acids is 1. The van der Waals surface area contributed by atoms with Gasteiger partial charge in [-0.1, -0.05) is 12.1 Å². The Morgan fingerprint density at radius 1 is 1.13 bits per heavy atom. The quantitative estimate of drug-likeness (QED) is 0.660. The van der Waals surface area contributed by atoms with Gasteiger partial charge in [0.25, 0.3) is 0 Å². The number of pyridine rings is 1. The van der Waals surface area contributed by atoms with E-state index in [1.165, 1.54) is 0 Å². The number of aryl methyl sites for hydroxylation is 1. The minimum Gasteiger partial charge on any atom is -0.372 e. The average molecular weight is 421 g/mol. The molecule has 2 N–H and O–H groups in total. The van der Waals surface area contributed by atoms with E-state index in [0.717, 1.165) is 41.7 Å². The zero-order valence-electron chi connectivity index (χ0n) is 18.1. The molecule has 1 aliphatic heterocycles. The normalized spacial score (nSPS) is 18.6. The smallest absolute Gasteiger partial charge is 0.319 e. The Morgan fingerprint density at radius 3 is 2.65 bits per heavy atom. The Kier molecular flexibility index (Phi) is 6.18. The second-order valence-corrected chi connectivity index (χ2v) is 7.85. The minimum atomic E-state index is -0.251. The number of imidazole rings is 1. The lowest BCUT2D eigenvalue weighted by Gasteiger charge is -2.37. The van der Waals surface area contributed by atoms with Crippen molar-refractivity contribution in [1.29, 1.82) is 0 Å². The molecule has 3 aromatic rings. The van der Waals surface area contributed by atoms with E-state index >= 15 is 0 Å². The van der Waals surface area contributed by atoms with E-state index in [4.69, 9.17) is 4.74 Å². The fourth-order valence-electron chi connectivity index (χ4n) is 3.90. The van der Waals surface area contributed by atoms with Gasteiger partial charge >= 0.3 is 6.03 Å². The van der Waals surface area contributed by atoms with E-state index in [-0.39, 0.29) is 18.2 Å². The van der Waals surface area contributed by atoms with Gasteiger partial charge < -0.3 is 20.3 Å². The summed E-state index contributed by atoms with van der Waals surface area (Å²) in [4.78, 5) is 23.5. The summed E-state index contributed by atoms with van der Waals surface area (Å²) in [7, 11) is 0. The molecule has 4 rings (SSSR count). The molecule has 0 unspecified atom stereocenters. The molecule has 162 valence electrons. The van der Waals surface area contributed by atoms with E-state index in [1.54, 1.807) is 12.4 Å². The van der Waals surface area contributed by atoms with Crippen LogP contribution in [-0.2, 0) is 11.3 Å². The highest BCUT2D eigenvalue weighted by Gasteiger charge is 2.24. The molecule has 0 saturated carbocycles. The summed E-state index contributed by atoms with van der Waals surface area (Å²) in [5.41, 5.74) is 2.74. The Balaban J connectivity index is 1.41. The first-order valence-corrected chi connectivity index (χ1v) is 10.5. The van der Waals surface area contributed by atoms with Gasteiger partial charge in [-0.3, -0.25) is 4.57 Å². The molecule has 1 aromatic carbocycles. The molecule has 2 aromatic heterocycles. The van der Waals surface area contributed by atoms with Gasteiger partial charge in [0.15, 0.2) is 0 Å². The van der Waals surface area contributed by atoms with Crippen LogP contribution in [0.25, 0.3) is 5.82 Å². The second-order valence-electron chi connectivity index (χ2n) is 7.85. The van der Waals surface area contributed by atoms with Gasteiger partial charge in [-0.2, -0.15) is 0 Å². The first-order chi connectivity index (χ1) is 15.0. The molecular formula is C23H28N6O2. The summed E-state index contributed by atoms with van der Waals surface area (Å²) in [5.74, 6) is 1.63. The minimum absolute atomic E-state index is 0.144. The number of para-hydroxylation sites is 2. The number of benzene rings is 1. The number of hydrogen-bond acceptors (Lipinski definition) is 5. The third-order valence-corrected chi connectivity index (χ3v) is 5.25. The van der Waals surface area contributed by atoms with Crippen molar-refractivity contribution in [3.63, 3.8) is 0 Å². The van der Waals surface area contributed by atoms with E-state index in [1.807, 2.05) is 54.1 Å². The molecule has 0 spiro atoms. The molecular weight excluding hydrogens is 392 g/mol. The van der Waals surface area contributed by atoms with Crippen LogP contribution < -0.4 is 15.5 Å². The summed E-state index contributed by atoms with van der Waals surface area (Å²) in [6.07, 6.45) is 5.63. The number of urea groups is 1. The average Bonchev–Trinajstić information content (AvgIpc) is 3.18. The van der Waals surface area contributed by atoms with E-state index in [2.05, 4.69) is 39.3 Å². The van der Waals surface area contributed by atoms with Crippen LogP contribution in [0.15, 0.2) is 55.0 Å².